The lowest BCUT2D eigenvalue weighted by Crippen LogP contribution is -2.33. The summed E-state index contributed by atoms with van der Waals surface area (Å²) in [6, 6.07) is 6.09. The Bertz CT molecular complexity index is 1390. The van der Waals surface area contributed by atoms with E-state index in [-0.39, 0.29) is 28.4 Å². The number of aromatic nitrogens is 4. The molecule has 10 heteroatoms. The first-order chi connectivity index (χ1) is 16.2. The van der Waals surface area contributed by atoms with Crippen LogP contribution < -0.4 is 15.4 Å². The van der Waals surface area contributed by atoms with Gasteiger partial charge in [-0.15, -0.1) is 0 Å². The minimum Gasteiger partial charge on any atom is -0.436 e. The fourth-order valence-corrected chi connectivity index (χ4v) is 3.90. The maximum absolute atomic E-state index is 15.3. The highest BCUT2D eigenvalue weighted by molar-refractivity contribution is 5.98. The van der Waals surface area contributed by atoms with Crippen molar-refractivity contribution in [2.45, 2.75) is 52.1 Å². The highest BCUT2D eigenvalue weighted by atomic mass is 19.1. The molecule has 1 aliphatic rings. The summed E-state index contributed by atoms with van der Waals surface area (Å²) in [5, 5.41) is 10.2. The smallest absolute Gasteiger partial charge is 0.331 e. The molecule has 1 aliphatic heterocycles. The van der Waals surface area contributed by atoms with Gasteiger partial charge in [0, 0.05) is 41.2 Å². The van der Waals surface area contributed by atoms with Crippen LogP contribution in [0.25, 0.3) is 10.9 Å². The minimum absolute atomic E-state index is 0.0315. The predicted octanol–water partition coefficient (Wildman–Crippen LogP) is 4.76. The first-order valence-corrected chi connectivity index (χ1v) is 11.0. The first kappa shape index (κ1) is 22.0. The van der Waals surface area contributed by atoms with Gasteiger partial charge in [0.1, 0.15) is 12.1 Å². The van der Waals surface area contributed by atoms with Gasteiger partial charge in [0.15, 0.2) is 17.4 Å². The molecule has 34 heavy (non-hydrogen) atoms. The van der Waals surface area contributed by atoms with E-state index in [2.05, 4.69) is 32.7 Å². The number of carbonyl (C=O) groups excluding carboxylic acids is 1. The summed E-state index contributed by atoms with van der Waals surface area (Å²) in [7, 11) is 0. The van der Waals surface area contributed by atoms with Gasteiger partial charge in [-0.1, -0.05) is 25.9 Å². The highest BCUT2D eigenvalue weighted by Gasteiger charge is 2.24. The number of nitrogens with one attached hydrogen (secondary N) is 2. The van der Waals surface area contributed by atoms with Gasteiger partial charge in [-0.2, -0.15) is 0 Å². The van der Waals surface area contributed by atoms with Crippen molar-refractivity contribution in [3.8, 4) is 11.6 Å². The van der Waals surface area contributed by atoms with Crippen LogP contribution in [0.15, 0.2) is 41.3 Å². The molecule has 0 spiro atoms. The molecule has 0 aliphatic carbocycles. The molecule has 1 aromatic carbocycles. The Balaban J connectivity index is 1.41. The third-order valence-electron chi connectivity index (χ3n) is 5.80. The number of hydrogen-bond acceptors (Lipinski definition) is 7. The molecule has 0 saturated carbocycles. The summed E-state index contributed by atoms with van der Waals surface area (Å²) < 4.78 is 27.8. The topological polar surface area (TPSA) is 107 Å². The molecule has 0 radical (unpaired) electrons. The minimum atomic E-state index is -0.574. The van der Waals surface area contributed by atoms with E-state index in [1.807, 2.05) is 20.8 Å². The van der Waals surface area contributed by atoms with Crippen LogP contribution in [0.4, 0.5) is 15.0 Å². The Hall–Kier alpha value is -3.79. The number of carbonyl (C=O) groups is 1. The average molecular weight is 465 g/mol. The van der Waals surface area contributed by atoms with Gasteiger partial charge in [-0.3, -0.25) is 9.88 Å². The molecule has 5 rings (SSSR count). The number of amides is 1. The van der Waals surface area contributed by atoms with Crippen molar-refractivity contribution in [1.29, 1.82) is 0 Å². The fraction of sp³-hybridized carbons (Fsp3) is 0.333. The molecule has 0 bridgehead atoms. The van der Waals surface area contributed by atoms with E-state index in [0.717, 1.165) is 11.3 Å². The number of rotatable bonds is 3. The van der Waals surface area contributed by atoms with E-state index < -0.39 is 11.8 Å². The van der Waals surface area contributed by atoms with Crippen LogP contribution in [0.3, 0.4) is 0 Å². The van der Waals surface area contributed by atoms with Crippen LogP contribution in [-0.4, -0.2) is 31.8 Å². The number of ether oxygens (including phenoxy) is 1. The molecule has 9 nitrogen and oxygen atoms in total. The largest absolute Gasteiger partial charge is 0.436 e. The Morgan fingerprint density at radius 2 is 2.12 bits per heavy atom. The van der Waals surface area contributed by atoms with Crippen LogP contribution in [0.2, 0.25) is 0 Å². The number of benzene rings is 1. The summed E-state index contributed by atoms with van der Waals surface area (Å²) in [5.41, 5.74) is 1.86. The van der Waals surface area contributed by atoms with Crippen LogP contribution in [-0.2, 0) is 18.4 Å². The zero-order valence-electron chi connectivity index (χ0n) is 19.3. The van der Waals surface area contributed by atoms with Crippen molar-refractivity contribution in [3.05, 3.63) is 59.6 Å². The molecule has 4 aromatic rings. The van der Waals surface area contributed by atoms with Gasteiger partial charge in [-0.25, -0.2) is 19.2 Å². The number of anilines is 1. The van der Waals surface area contributed by atoms with E-state index in [4.69, 9.17) is 9.26 Å². The summed E-state index contributed by atoms with van der Waals surface area (Å²) in [6.45, 7) is 8.61. The molecular formula is C24H25FN6O3. The summed E-state index contributed by atoms with van der Waals surface area (Å²) >= 11 is 0. The second-order valence-electron chi connectivity index (χ2n) is 9.44. The standard InChI is InChI=1S/C24H25FN6O3/c1-13-9-15-16(11-26-13)27-12-28-22(15)33-18-6-5-17-14(21(18)25)7-8-31(17)23(32)29-20-10-19(34-30-20)24(2,3)4/h5-8,10,12-13,26H,9,11H2,1-4H3,(H,29,30,32). The zero-order valence-corrected chi connectivity index (χ0v) is 19.3. The van der Waals surface area contributed by atoms with Crippen LogP contribution in [0.1, 0.15) is 44.7 Å². The fourth-order valence-electron chi connectivity index (χ4n) is 3.90. The molecular weight excluding hydrogens is 439 g/mol. The van der Waals surface area contributed by atoms with Crippen LogP contribution in [0.5, 0.6) is 11.6 Å². The van der Waals surface area contributed by atoms with Crippen molar-refractivity contribution in [1.82, 2.24) is 25.0 Å². The van der Waals surface area contributed by atoms with Crippen molar-refractivity contribution < 1.29 is 18.4 Å². The monoisotopic (exact) mass is 464 g/mol. The zero-order chi connectivity index (χ0) is 24.0. The van der Waals surface area contributed by atoms with Crippen molar-refractivity contribution in [3.63, 3.8) is 0 Å². The third-order valence-corrected chi connectivity index (χ3v) is 5.80. The molecule has 0 saturated heterocycles. The second kappa shape index (κ2) is 8.21. The number of nitrogens with zero attached hydrogens (tertiary/aromatic N) is 4. The molecule has 0 fully saturated rings. The molecule has 3 aromatic heterocycles. The highest BCUT2D eigenvalue weighted by Crippen LogP contribution is 2.33. The maximum Gasteiger partial charge on any atom is 0.331 e. The van der Waals surface area contributed by atoms with E-state index in [1.165, 1.54) is 29.2 Å². The van der Waals surface area contributed by atoms with Gasteiger partial charge in [0.05, 0.1) is 11.2 Å². The van der Waals surface area contributed by atoms with Crippen molar-refractivity contribution in [2.75, 3.05) is 5.32 Å². The van der Waals surface area contributed by atoms with Crippen molar-refractivity contribution in [2.24, 2.45) is 0 Å². The van der Waals surface area contributed by atoms with Crippen molar-refractivity contribution >= 4 is 22.8 Å². The van der Waals surface area contributed by atoms with Gasteiger partial charge in [0.25, 0.3) is 0 Å². The predicted molar refractivity (Wildman–Crippen MR) is 124 cm³/mol. The summed E-state index contributed by atoms with van der Waals surface area (Å²) in [5.74, 6) is 0.730. The van der Waals surface area contributed by atoms with E-state index in [1.54, 1.807) is 12.1 Å². The average Bonchev–Trinajstić information content (AvgIpc) is 3.43. The Morgan fingerprint density at radius 1 is 1.29 bits per heavy atom. The second-order valence-corrected chi connectivity index (χ2v) is 9.44. The Morgan fingerprint density at radius 3 is 2.88 bits per heavy atom. The van der Waals surface area contributed by atoms with Gasteiger partial charge in [-0.05, 0) is 31.5 Å². The number of fused-ring (bicyclic) bond motifs is 2. The molecule has 176 valence electrons. The van der Waals surface area contributed by atoms with E-state index in [0.29, 0.717) is 30.1 Å². The molecule has 1 amide bonds. The molecule has 1 atom stereocenters. The number of hydrogen-bond donors (Lipinski definition) is 2. The quantitative estimate of drug-likeness (QED) is 0.450. The third kappa shape index (κ3) is 4.01. The lowest BCUT2D eigenvalue weighted by molar-refractivity contribution is 0.254. The number of halogens is 1. The van der Waals surface area contributed by atoms with Crippen LogP contribution >= 0.6 is 0 Å². The first-order valence-electron chi connectivity index (χ1n) is 11.0. The maximum atomic E-state index is 15.3. The SMILES string of the molecule is CC1Cc2c(ncnc2Oc2ccc3c(ccn3C(=O)Nc3cc(C(C)(C)C)on3)c2F)CN1. The van der Waals surface area contributed by atoms with Gasteiger partial charge < -0.3 is 14.6 Å². The van der Waals surface area contributed by atoms with Crippen LogP contribution in [0, 0.1) is 5.82 Å². The lowest BCUT2D eigenvalue weighted by Gasteiger charge is -2.23. The van der Waals surface area contributed by atoms with E-state index >= 15 is 4.39 Å². The molecule has 4 heterocycles. The summed E-state index contributed by atoms with van der Waals surface area (Å²) in [6.07, 6.45) is 3.60. The van der Waals surface area contributed by atoms with E-state index in [9.17, 15) is 4.79 Å². The van der Waals surface area contributed by atoms with Gasteiger partial charge >= 0.3 is 6.03 Å². The summed E-state index contributed by atoms with van der Waals surface area (Å²) in [4.78, 5) is 21.3. The molecule has 2 N–H and O–H groups in total. The Kier molecular flexibility index (Phi) is 5.32. The Labute approximate surface area is 195 Å². The molecule has 1 unspecified atom stereocenters. The normalized spacial score (nSPS) is 15.9. The van der Waals surface area contributed by atoms with Gasteiger partial charge in [0.2, 0.25) is 5.88 Å². The lowest BCUT2D eigenvalue weighted by atomic mass is 9.93.